The second-order valence-corrected chi connectivity index (χ2v) is 4.97. The number of fused-ring (bicyclic) bond motifs is 1. The number of benzene rings is 1. The summed E-state index contributed by atoms with van der Waals surface area (Å²) in [6.45, 7) is 5.51. The molecule has 86 valence electrons. The molecular weight excluding hydrogens is 194 g/mol. The number of nitrogens with zero attached hydrogens (tertiary/aromatic N) is 1. The van der Waals surface area contributed by atoms with E-state index in [2.05, 4.69) is 50.1 Å². The lowest BCUT2D eigenvalue weighted by Crippen LogP contribution is -2.24. The van der Waals surface area contributed by atoms with Gasteiger partial charge in [0.25, 0.3) is 0 Å². The monoisotopic (exact) mass is 215 g/mol. The van der Waals surface area contributed by atoms with Gasteiger partial charge >= 0.3 is 0 Å². The van der Waals surface area contributed by atoms with E-state index in [0.717, 1.165) is 6.42 Å². The fourth-order valence-corrected chi connectivity index (χ4v) is 2.29. The summed E-state index contributed by atoms with van der Waals surface area (Å²) in [6.07, 6.45) is 5.89. The molecule has 0 radical (unpaired) electrons. The van der Waals surface area contributed by atoms with Crippen LogP contribution in [-0.4, -0.2) is 13.6 Å². The summed E-state index contributed by atoms with van der Waals surface area (Å²) in [7, 11) is 2.19. The SMILES string of the molecule is CC(C)=CCc1ccc2c(c1)CCCN2C. The Morgan fingerprint density at radius 3 is 2.94 bits per heavy atom. The molecule has 0 unspecified atom stereocenters. The molecular formula is C15H21N. The molecule has 0 saturated heterocycles. The van der Waals surface area contributed by atoms with E-state index in [1.807, 2.05) is 0 Å². The van der Waals surface area contributed by atoms with Crippen LogP contribution in [0.15, 0.2) is 29.8 Å². The van der Waals surface area contributed by atoms with Crippen molar-refractivity contribution in [1.82, 2.24) is 0 Å². The Morgan fingerprint density at radius 2 is 2.19 bits per heavy atom. The van der Waals surface area contributed by atoms with Gasteiger partial charge in [-0.2, -0.15) is 0 Å². The van der Waals surface area contributed by atoms with E-state index in [-0.39, 0.29) is 0 Å². The molecule has 0 atom stereocenters. The van der Waals surface area contributed by atoms with Gasteiger partial charge in [0, 0.05) is 19.3 Å². The topological polar surface area (TPSA) is 3.24 Å². The molecule has 0 bridgehead atoms. The molecule has 1 aliphatic heterocycles. The van der Waals surface area contributed by atoms with Crippen LogP contribution in [0, 0.1) is 0 Å². The summed E-state index contributed by atoms with van der Waals surface area (Å²) >= 11 is 0. The molecule has 16 heavy (non-hydrogen) atoms. The highest BCUT2D eigenvalue weighted by Crippen LogP contribution is 2.26. The zero-order valence-electron chi connectivity index (χ0n) is 10.6. The Hall–Kier alpha value is -1.24. The smallest absolute Gasteiger partial charge is 0.0396 e. The van der Waals surface area contributed by atoms with Crippen molar-refractivity contribution in [2.24, 2.45) is 0 Å². The zero-order chi connectivity index (χ0) is 11.5. The van der Waals surface area contributed by atoms with Crippen LogP contribution < -0.4 is 4.90 Å². The molecule has 1 nitrogen and oxygen atoms in total. The van der Waals surface area contributed by atoms with Gasteiger partial charge in [-0.15, -0.1) is 0 Å². The van der Waals surface area contributed by atoms with Crippen LogP contribution in [0.3, 0.4) is 0 Å². The first kappa shape index (κ1) is 11.3. The molecule has 1 heteroatoms. The molecule has 1 heterocycles. The summed E-state index contributed by atoms with van der Waals surface area (Å²) in [6, 6.07) is 6.92. The van der Waals surface area contributed by atoms with Crippen LogP contribution >= 0.6 is 0 Å². The average molecular weight is 215 g/mol. The Kier molecular flexibility index (Phi) is 3.33. The molecule has 0 N–H and O–H groups in total. The highest BCUT2D eigenvalue weighted by atomic mass is 15.1. The van der Waals surface area contributed by atoms with Crippen molar-refractivity contribution in [2.45, 2.75) is 33.1 Å². The number of allylic oxidation sites excluding steroid dienone is 2. The molecule has 0 fully saturated rings. The quantitative estimate of drug-likeness (QED) is 0.682. The van der Waals surface area contributed by atoms with Crippen molar-refractivity contribution < 1.29 is 0 Å². The van der Waals surface area contributed by atoms with Gasteiger partial charge in [0.2, 0.25) is 0 Å². The maximum absolute atomic E-state index is 2.38. The first-order chi connectivity index (χ1) is 7.66. The van der Waals surface area contributed by atoms with Gasteiger partial charge < -0.3 is 4.90 Å². The van der Waals surface area contributed by atoms with Crippen LogP contribution in [0.25, 0.3) is 0 Å². The van der Waals surface area contributed by atoms with E-state index >= 15 is 0 Å². The summed E-state index contributed by atoms with van der Waals surface area (Å²) < 4.78 is 0. The first-order valence-corrected chi connectivity index (χ1v) is 6.13. The first-order valence-electron chi connectivity index (χ1n) is 6.13. The minimum atomic E-state index is 1.07. The molecule has 1 aliphatic rings. The van der Waals surface area contributed by atoms with Gasteiger partial charge in [-0.05, 0) is 50.3 Å². The Morgan fingerprint density at radius 1 is 1.38 bits per heavy atom. The third kappa shape index (κ3) is 2.46. The second-order valence-electron chi connectivity index (χ2n) is 4.97. The summed E-state index contributed by atoms with van der Waals surface area (Å²) in [5.41, 5.74) is 5.78. The molecule has 1 aromatic carbocycles. The molecule has 0 spiro atoms. The minimum absolute atomic E-state index is 1.07. The number of aryl methyl sites for hydroxylation is 1. The Bertz CT molecular complexity index is 400. The van der Waals surface area contributed by atoms with Gasteiger partial charge in [-0.25, -0.2) is 0 Å². The van der Waals surface area contributed by atoms with Crippen LogP contribution in [0.1, 0.15) is 31.4 Å². The van der Waals surface area contributed by atoms with Crippen LogP contribution in [0.2, 0.25) is 0 Å². The van der Waals surface area contributed by atoms with E-state index in [0.29, 0.717) is 0 Å². The number of hydrogen-bond acceptors (Lipinski definition) is 1. The largest absolute Gasteiger partial charge is 0.374 e. The van der Waals surface area contributed by atoms with Gasteiger partial charge in [-0.3, -0.25) is 0 Å². The molecule has 1 aromatic rings. The van der Waals surface area contributed by atoms with Crippen LogP contribution in [-0.2, 0) is 12.8 Å². The highest BCUT2D eigenvalue weighted by molar-refractivity contribution is 5.56. The van der Waals surface area contributed by atoms with Crippen molar-refractivity contribution in [3.63, 3.8) is 0 Å². The number of rotatable bonds is 2. The average Bonchev–Trinajstić information content (AvgIpc) is 2.26. The van der Waals surface area contributed by atoms with Crippen molar-refractivity contribution in [3.05, 3.63) is 41.0 Å². The van der Waals surface area contributed by atoms with Gasteiger partial charge in [0.1, 0.15) is 0 Å². The standard InChI is InChI=1S/C15H21N/c1-12(2)6-7-13-8-9-15-14(11-13)5-4-10-16(15)3/h6,8-9,11H,4-5,7,10H2,1-3H3. The van der Waals surface area contributed by atoms with Crippen molar-refractivity contribution in [2.75, 3.05) is 18.5 Å². The molecule has 0 amide bonds. The Balaban J connectivity index is 2.22. The Labute approximate surface area is 98.8 Å². The van der Waals surface area contributed by atoms with E-state index in [1.165, 1.54) is 41.8 Å². The second kappa shape index (κ2) is 4.73. The summed E-state index contributed by atoms with van der Waals surface area (Å²) in [5.74, 6) is 0. The fraction of sp³-hybridized carbons (Fsp3) is 0.467. The van der Waals surface area contributed by atoms with E-state index in [9.17, 15) is 0 Å². The van der Waals surface area contributed by atoms with E-state index in [1.54, 1.807) is 0 Å². The lowest BCUT2D eigenvalue weighted by molar-refractivity contribution is 0.743. The maximum Gasteiger partial charge on any atom is 0.0396 e. The van der Waals surface area contributed by atoms with Gasteiger partial charge in [-0.1, -0.05) is 23.8 Å². The van der Waals surface area contributed by atoms with Crippen molar-refractivity contribution in [1.29, 1.82) is 0 Å². The maximum atomic E-state index is 2.38. The van der Waals surface area contributed by atoms with E-state index < -0.39 is 0 Å². The molecule has 2 rings (SSSR count). The van der Waals surface area contributed by atoms with Crippen molar-refractivity contribution in [3.8, 4) is 0 Å². The van der Waals surface area contributed by atoms with E-state index in [4.69, 9.17) is 0 Å². The number of anilines is 1. The third-order valence-corrected chi connectivity index (χ3v) is 3.24. The van der Waals surface area contributed by atoms with Crippen LogP contribution in [0.5, 0.6) is 0 Å². The third-order valence-electron chi connectivity index (χ3n) is 3.24. The highest BCUT2D eigenvalue weighted by Gasteiger charge is 2.13. The van der Waals surface area contributed by atoms with Crippen LogP contribution in [0.4, 0.5) is 5.69 Å². The lowest BCUT2D eigenvalue weighted by Gasteiger charge is -2.27. The number of hydrogen-bond donors (Lipinski definition) is 0. The zero-order valence-corrected chi connectivity index (χ0v) is 10.6. The molecule has 0 aliphatic carbocycles. The van der Waals surface area contributed by atoms with Gasteiger partial charge in [0.05, 0.1) is 0 Å². The fourth-order valence-electron chi connectivity index (χ4n) is 2.29. The minimum Gasteiger partial charge on any atom is -0.374 e. The van der Waals surface area contributed by atoms with Crippen molar-refractivity contribution >= 4 is 5.69 Å². The van der Waals surface area contributed by atoms with Gasteiger partial charge in [0.15, 0.2) is 0 Å². The molecule has 0 aromatic heterocycles. The molecule has 0 saturated carbocycles. The summed E-state index contributed by atoms with van der Waals surface area (Å²) in [5, 5.41) is 0. The predicted octanol–water partition coefficient (Wildman–Crippen LogP) is 3.58. The lowest BCUT2D eigenvalue weighted by atomic mass is 9.98. The predicted molar refractivity (Wildman–Crippen MR) is 71.2 cm³/mol. The normalized spacial score (nSPS) is 14.6. The summed E-state index contributed by atoms with van der Waals surface area (Å²) in [4.78, 5) is 2.36.